The van der Waals surface area contributed by atoms with Crippen LogP contribution in [-0.4, -0.2) is 30.4 Å². The molecule has 1 aliphatic rings. The molecule has 1 saturated heterocycles. The minimum absolute atomic E-state index is 0.187. The first-order chi connectivity index (χ1) is 10.1. The summed E-state index contributed by atoms with van der Waals surface area (Å²) in [6, 6.07) is 8.17. The first-order valence-corrected chi connectivity index (χ1v) is 8.60. The summed E-state index contributed by atoms with van der Waals surface area (Å²) in [6.45, 7) is 7.78. The zero-order valence-electron chi connectivity index (χ0n) is 12.9. The molecule has 0 aromatic heterocycles. The van der Waals surface area contributed by atoms with Gasteiger partial charge in [0, 0.05) is 23.5 Å². The Bertz CT molecular complexity index is 470. The molecule has 0 radical (unpaired) electrons. The Hall–Kier alpha value is -0.870. The number of rotatable bonds is 5. The third kappa shape index (κ3) is 4.82. The Kier molecular flexibility index (Phi) is 6.24. The Labute approximate surface area is 136 Å². The van der Waals surface area contributed by atoms with Crippen molar-refractivity contribution in [2.45, 2.75) is 33.2 Å². The summed E-state index contributed by atoms with van der Waals surface area (Å²) in [4.78, 5) is 14.9. The molecule has 0 spiro atoms. The first-order valence-electron chi connectivity index (χ1n) is 7.81. The molecule has 4 heteroatoms. The number of benzene rings is 1. The van der Waals surface area contributed by atoms with Gasteiger partial charge in [0.1, 0.15) is 0 Å². The third-order valence-electron chi connectivity index (χ3n) is 3.90. The van der Waals surface area contributed by atoms with Crippen LogP contribution in [0.15, 0.2) is 28.7 Å². The lowest BCUT2D eigenvalue weighted by molar-refractivity contribution is -0.137. The molecule has 0 bridgehead atoms. The number of carbonyl (C=O) groups is 1. The Morgan fingerprint density at radius 3 is 2.62 bits per heavy atom. The molecule has 0 atom stereocenters. The van der Waals surface area contributed by atoms with Gasteiger partial charge in [-0.1, -0.05) is 48.0 Å². The van der Waals surface area contributed by atoms with Gasteiger partial charge >= 0.3 is 0 Å². The second-order valence-corrected chi connectivity index (χ2v) is 7.08. The minimum atomic E-state index is 0.187. The van der Waals surface area contributed by atoms with Gasteiger partial charge in [-0.2, -0.15) is 0 Å². The van der Waals surface area contributed by atoms with E-state index in [4.69, 9.17) is 0 Å². The highest BCUT2D eigenvalue weighted by atomic mass is 79.9. The van der Waals surface area contributed by atoms with E-state index in [0.29, 0.717) is 18.4 Å². The maximum absolute atomic E-state index is 12.8. The second kappa shape index (κ2) is 7.95. The van der Waals surface area contributed by atoms with E-state index in [9.17, 15) is 4.79 Å². The van der Waals surface area contributed by atoms with Gasteiger partial charge < -0.3 is 10.2 Å². The number of halogens is 1. The van der Waals surface area contributed by atoms with Crippen LogP contribution < -0.4 is 5.32 Å². The van der Waals surface area contributed by atoms with Crippen molar-refractivity contribution in [3.63, 3.8) is 0 Å². The monoisotopic (exact) mass is 352 g/mol. The smallest absolute Gasteiger partial charge is 0.226 e. The van der Waals surface area contributed by atoms with Crippen LogP contribution in [0.5, 0.6) is 0 Å². The van der Waals surface area contributed by atoms with Gasteiger partial charge in [0.05, 0.1) is 0 Å². The first kappa shape index (κ1) is 16.5. The van der Waals surface area contributed by atoms with Crippen LogP contribution >= 0.6 is 15.9 Å². The van der Waals surface area contributed by atoms with Gasteiger partial charge in [-0.25, -0.2) is 0 Å². The highest BCUT2D eigenvalue weighted by molar-refractivity contribution is 9.10. The van der Waals surface area contributed by atoms with E-state index in [1.54, 1.807) is 0 Å². The quantitative estimate of drug-likeness (QED) is 0.880. The number of piperidine rings is 1. The van der Waals surface area contributed by atoms with Crippen LogP contribution in [0.1, 0.15) is 32.3 Å². The van der Waals surface area contributed by atoms with Gasteiger partial charge in [-0.15, -0.1) is 0 Å². The lowest BCUT2D eigenvalue weighted by atomic mass is 9.96. The molecule has 1 N–H and O–H groups in total. The van der Waals surface area contributed by atoms with E-state index in [-0.39, 0.29) is 5.92 Å². The van der Waals surface area contributed by atoms with Crippen LogP contribution in [0, 0.1) is 11.8 Å². The SMILES string of the molecule is CC(C)CN(Cc1ccccc1Br)C(=O)C1CCNCC1. The van der Waals surface area contributed by atoms with Gasteiger partial charge in [-0.05, 0) is 43.5 Å². The maximum atomic E-state index is 12.8. The van der Waals surface area contributed by atoms with E-state index in [1.165, 1.54) is 5.56 Å². The Balaban J connectivity index is 2.10. The predicted octanol–water partition coefficient (Wildman–Crippen LogP) is 3.43. The van der Waals surface area contributed by atoms with E-state index in [0.717, 1.165) is 36.9 Å². The molecule has 1 fully saturated rings. The molecular formula is C17H25BrN2O. The summed E-state index contributed by atoms with van der Waals surface area (Å²) < 4.78 is 1.08. The number of hydrogen-bond donors (Lipinski definition) is 1. The molecule has 2 rings (SSSR count). The standard InChI is InChI=1S/C17H25BrN2O/c1-13(2)11-20(12-15-5-3-4-6-16(15)18)17(21)14-7-9-19-10-8-14/h3-6,13-14,19H,7-12H2,1-2H3. The molecule has 0 unspecified atom stereocenters. The zero-order valence-corrected chi connectivity index (χ0v) is 14.5. The largest absolute Gasteiger partial charge is 0.338 e. The van der Waals surface area contributed by atoms with Gasteiger partial charge in [0.2, 0.25) is 5.91 Å². The van der Waals surface area contributed by atoms with Crippen molar-refractivity contribution in [2.75, 3.05) is 19.6 Å². The average molecular weight is 353 g/mol. The van der Waals surface area contributed by atoms with Crippen LogP contribution in [-0.2, 0) is 11.3 Å². The van der Waals surface area contributed by atoms with Crippen LogP contribution in [0.2, 0.25) is 0 Å². The fraction of sp³-hybridized carbons (Fsp3) is 0.588. The molecule has 1 aliphatic heterocycles. The molecule has 0 aliphatic carbocycles. The average Bonchev–Trinajstić information content (AvgIpc) is 2.48. The number of amides is 1. The normalized spacial score (nSPS) is 16.2. The lowest BCUT2D eigenvalue weighted by Gasteiger charge is -2.31. The van der Waals surface area contributed by atoms with Crippen LogP contribution in [0.4, 0.5) is 0 Å². The number of hydrogen-bond acceptors (Lipinski definition) is 2. The molecule has 1 amide bonds. The summed E-state index contributed by atoms with van der Waals surface area (Å²) in [7, 11) is 0. The zero-order chi connectivity index (χ0) is 15.2. The van der Waals surface area contributed by atoms with Crippen molar-refractivity contribution in [3.05, 3.63) is 34.3 Å². The topological polar surface area (TPSA) is 32.3 Å². The molecule has 3 nitrogen and oxygen atoms in total. The number of carbonyl (C=O) groups excluding carboxylic acids is 1. The van der Waals surface area contributed by atoms with Crippen molar-refractivity contribution in [1.29, 1.82) is 0 Å². The highest BCUT2D eigenvalue weighted by Gasteiger charge is 2.26. The fourth-order valence-electron chi connectivity index (χ4n) is 2.83. The van der Waals surface area contributed by atoms with E-state index < -0.39 is 0 Å². The van der Waals surface area contributed by atoms with Crippen molar-refractivity contribution < 1.29 is 4.79 Å². The predicted molar refractivity (Wildman–Crippen MR) is 90.0 cm³/mol. The number of nitrogens with zero attached hydrogens (tertiary/aromatic N) is 1. The lowest BCUT2D eigenvalue weighted by Crippen LogP contribution is -2.42. The molecule has 1 aromatic rings. The Morgan fingerprint density at radius 2 is 2.00 bits per heavy atom. The third-order valence-corrected chi connectivity index (χ3v) is 4.68. The van der Waals surface area contributed by atoms with Crippen molar-refractivity contribution in [3.8, 4) is 0 Å². The molecule has 1 aromatic carbocycles. The van der Waals surface area contributed by atoms with Crippen molar-refractivity contribution in [1.82, 2.24) is 10.2 Å². The summed E-state index contributed by atoms with van der Waals surface area (Å²) in [5, 5.41) is 3.33. The molecule has 0 saturated carbocycles. The molecule has 21 heavy (non-hydrogen) atoms. The van der Waals surface area contributed by atoms with Crippen molar-refractivity contribution in [2.24, 2.45) is 11.8 Å². The summed E-state index contributed by atoms with van der Waals surface area (Å²) >= 11 is 3.59. The van der Waals surface area contributed by atoms with Gasteiger partial charge in [0.15, 0.2) is 0 Å². The van der Waals surface area contributed by atoms with E-state index >= 15 is 0 Å². The summed E-state index contributed by atoms with van der Waals surface area (Å²) in [5.41, 5.74) is 1.18. The maximum Gasteiger partial charge on any atom is 0.226 e. The van der Waals surface area contributed by atoms with Crippen LogP contribution in [0.25, 0.3) is 0 Å². The Morgan fingerprint density at radius 1 is 1.33 bits per heavy atom. The van der Waals surface area contributed by atoms with E-state index in [2.05, 4.69) is 41.2 Å². The van der Waals surface area contributed by atoms with E-state index in [1.807, 2.05) is 23.1 Å². The van der Waals surface area contributed by atoms with Crippen LogP contribution in [0.3, 0.4) is 0 Å². The van der Waals surface area contributed by atoms with Gasteiger partial charge in [-0.3, -0.25) is 4.79 Å². The summed E-state index contributed by atoms with van der Waals surface area (Å²) in [6.07, 6.45) is 1.92. The van der Waals surface area contributed by atoms with Gasteiger partial charge in [0.25, 0.3) is 0 Å². The molecular weight excluding hydrogens is 328 g/mol. The molecule has 1 heterocycles. The molecule has 116 valence electrons. The highest BCUT2D eigenvalue weighted by Crippen LogP contribution is 2.22. The van der Waals surface area contributed by atoms with Crippen molar-refractivity contribution >= 4 is 21.8 Å². The minimum Gasteiger partial charge on any atom is -0.338 e. The summed E-state index contributed by atoms with van der Waals surface area (Å²) in [5.74, 6) is 0.992. The second-order valence-electron chi connectivity index (χ2n) is 6.23. The fourth-order valence-corrected chi connectivity index (χ4v) is 3.24. The number of nitrogens with one attached hydrogen (secondary N) is 1.